The van der Waals surface area contributed by atoms with Crippen LogP contribution in [-0.4, -0.2) is 13.2 Å². The molecule has 3 rings (SSSR count). The van der Waals surface area contributed by atoms with Gasteiger partial charge in [0, 0.05) is 29.5 Å². The molecule has 0 amide bonds. The average Bonchev–Trinajstić information content (AvgIpc) is 2.98. The van der Waals surface area contributed by atoms with Crippen molar-refractivity contribution < 1.29 is 4.74 Å². The minimum absolute atomic E-state index is 0.510. The van der Waals surface area contributed by atoms with E-state index in [1.807, 2.05) is 0 Å². The Morgan fingerprint density at radius 1 is 1.32 bits per heavy atom. The number of hydrogen-bond acceptors (Lipinski definition) is 2. The van der Waals surface area contributed by atoms with Gasteiger partial charge in [0.25, 0.3) is 0 Å². The first-order valence-corrected chi connectivity index (χ1v) is 8.10. The molecule has 1 fully saturated rings. The number of rotatable bonds is 4. The van der Waals surface area contributed by atoms with E-state index in [9.17, 15) is 0 Å². The highest BCUT2D eigenvalue weighted by atomic mass is 79.9. The van der Waals surface area contributed by atoms with Crippen LogP contribution < -0.4 is 10.1 Å². The number of nitrogens with one attached hydrogen (secondary N) is 1. The fourth-order valence-electron chi connectivity index (χ4n) is 3.38. The predicted molar refractivity (Wildman–Crippen MR) is 81.6 cm³/mol. The zero-order chi connectivity index (χ0) is 13.3. The number of ether oxygens (including phenoxy) is 1. The molecule has 0 unspecified atom stereocenters. The molecule has 0 radical (unpaired) electrons. The molecule has 2 aliphatic rings. The standard InChI is InChI=1S/C16H22BrNO/c1-16(5-2-3-6-16)11-18-10-13-9-14(17)8-12-4-7-19-15(12)13/h8-9,18H,2-7,10-11H2,1H3. The van der Waals surface area contributed by atoms with Gasteiger partial charge in [-0.3, -0.25) is 0 Å². The van der Waals surface area contributed by atoms with Crippen LogP contribution in [-0.2, 0) is 13.0 Å². The van der Waals surface area contributed by atoms with Crippen molar-refractivity contribution in [2.75, 3.05) is 13.2 Å². The third kappa shape index (κ3) is 2.97. The van der Waals surface area contributed by atoms with Crippen molar-refractivity contribution >= 4 is 15.9 Å². The molecular formula is C16H22BrNO. The van der Waals surface area contributed by atoms with Gasteiger partial charge in [-0.1, -0.05) is 35.7 Å². The van der Waals surface area contributed by atoms with Crippen molar-refractivity contribution in [3.63, 3.8) is 0 Å². The predicted octanol–water partition coefficient (Wildman–Crippen LogP) is 4.05. The summed E-state index contributed by atoms with van der Waals surface area (Å²) < 4.78 is 6.94. The molecule has 104 valence electrons. The van der Waals surface area contributed by atoms with Gasteiger partial charge in [-0.25, -0.2) is 0 Å². The van der Waals surface area contributed by atoms with Crippen molar-refractivity contribution in [3.05, 3.63) is 27.7 Å². The Balaban J connectivity index is 1.64. The Bertz CT molecular complexity index is 466. The normalized spacial score (nSPS) is 20.3. The lowest BCUT2D eigenvalue weighted by Gasteiger charge is -2.24. The Labute approximate surface area is 124 Å². The molecular weight excluding hydrogens is 302 g/mol. The highest BCUT2D eigenvalue weighted by Gasteiger charge is 2.28. The van der Waals surface area contributed by atoms with Gasteiger partial charge in [-0.2, -0.15) is 0 Å². The van der Waals surface area contributed by atoms with Crippen LogP contribution in [0.3, 0.4) is 0 Å². The minimum atomic E-state index is 0.510. The number of hydrogen-bond donors (Lipinski definition) is 1. The van der Waals surface area contributed by atoms with Crippen LogP contribution in [0, 0.1) is 5.41 Å². The Kier molecular flexibility index (Phi) is 3.86. The van der Waals surface area contributed by atoms with Crippen LogP contribution >= 0.6 is 15.9 Å². The fourth-order valence-corrected chi connectivity index (χ4v) is 3.93. The lowest BCUT2D eigenvalue weighted by atomic mass is 9.89. The van der Waals surface area contributed by atoms with Crippen LogP contribution in [0.25, 0.3) is 0 Å². The van der Waals surface area contributed by atoms with Crippen molar-refractivity contribution in [1.82, 2.24) is 5.32 Å². The summed E-state index contributed by atoms with van der Waals surface area (Å²) in [7, 11) is 0. The number of halogens is 1. The van der Waals surface area contributed by atoms with Crippen LogP contribution in [0.2, 0.25) is 0 Å². The number of benzene rings is 1. The van der Waals surface area contributed by atoms with Gasteiger partial charge in [-0.05, 0) is 36.0 Å². The Morgan fingerprint density at radius 3 is 2.89 bits per heavy atom. The van der Waals surface area contributed by atoms with Gasteiger partial charge < -0.3 is 10.1 Å². The van der Waals surface area contributed by atoms with Crippen molar-refractivity contribution in [2.24, 2.45) is 5.41 Å². The van der Waals surface area contributed by atoms with Gasteiger partial charge in [-0.15, -0.1) is 0 Å². The summed E-state index contributed by atoms with van der Waals surface area (Å²) in [6.07, 6.45) is 6.57. The topological polar surface area (TPSA) is 21.3 Å². The molecule has 0 saturated heterocycles. The first-order valence-electron chi connectivity index (χ1n) is 7.31. The minimum Gasteiger partial charge on any atom is -0.493 e. The summed E-state index contributed by atoms with van der Waals surface area (Å²) in [5.41, 5.74) is 3.15. The second-order valence-electron chi connectivity index (χ2n) is 6.27. The lowest BCUT2D eigenvalue weighted by Crippen LogP contribution is -2.29. The molecule has 1 aromatic rings. The third-order valence-electron chi connectivity index (χ3n) is 4.50. The monoisotopic (exact) mass is 323 g/mol. The van der Waals surface area contributed by atoms with Crippen LogP contribution in [0.5, 0.6) is 5.75 Å². The van der Waals surface area contributed by atoms with Gasteiger partial charge in [0.2, 0.25) is 0 Å². The van der Waals surface area contributed by atoms with Gasteiger partial charge in [0.05, 0.1) is 6.61 Å². The van der Waals surface area contributed by atoms with Gasteiger partial charge in [0.15, 0.2) is 0 Å². The maximum Gasteiger partial charge on any atom is 0.127 e. The Hall–Kier alpha value is -0.540. The van der Waals surface area contributed by atoms with E-state index in [0.29, 0.717) is 5.41 Å². The van der Waals surface area contributed by atoms with Gasteiger partial charge >= 0.3 is 0 Å². The summed E-state index contributed by atoms with van der Waals surface area (Å²) in [5, 5.41) is 3.64. The second kappa shape index (κ2) is 5.45. The van der Waals surface area contributed by atoms with E-state index in [1.54, 1.807) is 0 Å². The van der Waals surface area contributed by atoms with E-state index in [4.69, 9.17) is 4.74 Å². The quantitative estimate of drug-likeness (QED) is 0.902. The first kappa shape index (κ1) is 13.4. The molecule has 1 N–H and O–H groups in total. The maximum absolute atomic E-state index is 5.77. The summed E-state index contributed by atoms with van der Waals surface area (Å²) in [4.78, 5) is 0. The molecule has 3 heteroatoms. The van der Waals surface area contributed by atoms with E-state index in [2.05, 4.69) is 40.3 Å². The van der Waals surface area contributed by atoms with E-state index in [1.165, 1.54) is 41.3 Å². The molecule has 19 heavy (non-hydrogen) atoms. The van der Waals surface area contributed by atoms with Gasteiger partial charge in [0.1, 0.15) is 5.75 Å². The average molecular weight is 324 g/mol. The molecule has 1 aliphatic heterocycles. The Morgan fingerprint density at radius 2 is 2.11 bits per heavy atom. The molecule has 1 aromatic carbocycles. The first-order chi connectivity index (χ1) is 9.16. The molecule has 1 heterocycles. The maximum atomic E-state index is 5.77. The van der Waals surface area contributed by atoms with E-state index >= 15 is 0 Å². The highest BCUT2D eigenvalue weighted by Crippen LogP contribution is 2.37. The molecule has 1 saturated carbocycles. The third-order valence-corrected chi connectivity index (χ3v) is 4.96. The van der Waals surface area contributed by atoms with E-state index in [-0.39, 0.29) is 0 Å². The highest BCUT2D eigenvalue weighted by molar-refractivity contribution is 9.10. The fraction of sp³-hybridized carbons (Fsp3) is 0.625. The van der Waals surface area contributed by atoms with E-state index in [0.717, 1.165) is 31.9 Å². The summed E-state index contributed by atoms with van der Waals surface area (Å²) in [5.74, 6) is 1.12. The van der Waals surface area contributed by atoms with Crippen molar-refractivity contribution in [2.45, 2.75) is 45.6 Å². The molecule has 0 aromatic heterocycles. The second-order valence-corrected chi connectivity index (χ2v) is 7.19. The molecule has 2 nitrogen and oxygen atoms in total. The zero-order valence-corrected chi connectivity index (χ0v) is 13.2. The smallest absolute Gasteiger partial charge is 0.127 e. The SMILES string of the molecule is CC1(CNCc2cc(Br)cc3c2OCC3)CCCC1. The number of fused-ring (bicyclic) bond motifs is 1. The van der Waals surface area contributed by atoms with Crippen LogP contribution in [0.1, 0.15) is 43.7 Å². The lowest BCUT2D eigenvalue weighted by molar-refractivity contribution is 0.311. The summed E-state index contributed by atoms with van der Waals surface area (Å²) in [6, 6.07) is 4.37. The largest absolute Gasteiger partial charge is 0.493 e. The van der Waals surface area contributed by atoms with Crippen LogP contribution in [0.15, 0.2) is 16.6 Å². The summed E-state index contributed by atoms with van der Waals surface area (Å²) >= 11 is 3.60. The molecule has 0 atom stereocenters. The van der Waals surface area contributed by atoms with Crippen molar-refractivity contribution in [3.8, 4) is 5.75 Å². The summed E-state index contributed by atoms with van der Waals surface area (Å²) in [6.45, 7) is 5.27. The molecule has 0 bridgehead atoms. The zero-order valence-electron chi connectivity index (χ0n) is 11.6. The molecule has 0 spiro atoms. The van der Waals surface area contributed by atoms with E-state index < -0.39 is 0 Å². The van der Waals surface area contributed by atoms with Crippen molar-refractivity contribution in [1.29, 1.82) is 0 Å². The van der Waals surface area contributed by atoms with Crippen LogP contribution in [0.4, 0.5) is 0 Å². The molecule has 1 aliphatic carbocycles.